The van der Waals surface area contributed by atoms with Gasteiger partial charge in [0.2, 0.25) is 11.8 Å². The standard InChI is InChI=1S/C8H16N2O4/c9-7(13)5(1-3-11)6(2-4-12)8(10)14/h5-6,11-12H,1-4H2,(H2,9,13)(H2,10,14). The molecule has 0 rings (SSSR count). The second-order valence-electron chi connectivity index (χ2n) is 3.04. The Morgan fingerprint density at radius 1 is 0.929 bits per heavy atom. The molecule has 0 fully saturated rings. The van der Waals surface area contributed by atoms with Gasteiger partial charge < -0.3 is 21.7 Å². The average molecular weight is 204 g/mol. The fourth-order valence-electron chi connectivity index (χ4n) is 1.36. The quantitative estimate of drug-likeness (QED) is 0.381. The lowest BCUT2D eigenvalue weighted by atomic mass is 9.86. The molecule has 2 amide bonds. The molecule has 0 radical (unpaired) electrons. The SMILES string of the molecule is NC(=O)C(CCO)C(CCO)C(N)=O. The van der Waals surface area contributed by atoms with Crippen LogP contribution in [-0.4, -0.2) is 35.2 Å². The Kier molecular flexibility index (Phi) is 5.82. The highest BCUT2D eigenvalue weighted by Crippen LogP contribution is 2.18. The summed E-state index contributed by atoms with van der Waals surface area (Å²) in [5, 5.41) is 17.3. The number of nitrogens with two attached hydrogens (primary N) is 2. The van der Waals surface area contributed by atoms with Crippen LogP contribution in [0.3, 0.4) is 0 Å². The lowest BCUT2D eigenvalue weighted by molar-refractivity contribution is -0.132. The lowest BCUT2D eigenvalue weighted by Gasteiger charge is -2.20. The van der Waals surface area contributed by atoms with Crippen LogP contribution in [0.2, 0.25) is 0 Å². The summed E-state index contributed by atoms with van der Waals surface area (Å²) < 4.78 is 0. The second kappa shape index (κ2) is 6.33. The predicted molar refractivity (Wildman–Crippen MR) is 48.8 cm³/mol. The Labute approximate surface area is 81.9 Å². The first-order valence-corrected chi connectivity index (χ1v) is 4.35. The van der Waals surface area contributed by atoms with Gasteiger partial charge in [0.15, 0.2) is 0 Å². The van der Waals surface area contributed by atoms with E-state index in [1.807, 2.05) is 0 Å². The van der Waals surface area contributed by atoms with Crippen LogP contribution in [0.5, 0.6) is 0 Å². The molecular weight excluding hydrogens is 188 g/mol. The van der Waals surface area contributed by atoms with Crippen molar-refractivity contribution in [2.24, 2.45) is 23.3 Å². The van der Waals surface area contributed by atoms with Gasteiger partial charge >= 0.3 is 0 Å². The molecule has 0 saturated carbocycles. The van der Waals surface area contributed by atoms with Gasteiger partial charge in [-0.3, -0.25) is 9.59 Å². The average Bonchev–Trinajstić information content (AvgIpc) is 2.10. The molecule has 6 heteroatoms. The van der Waals surface area contributed by atoms with Gasteiger partial charge in [-0.1, -0.05) is 0 Å². The molecule has 0 aliphatic rings. The highest BCUT2D eigenvalue weighted by atomic mass is 16.3. The lowest BCUT2D eigenvalue weighted by Crippen LogP contribution is -2.38. The number of rotatable bonds is 7. The zero-order valence-corrected chi connectivity index (χ0v) is 7.85. The molecule has 0 aromatic heterocycles. The van der Waals surface area contributed by atoms with E-state index < -0.39 is 23.7 Å². The molecule has 6 nitrogen and oxygen atoms in total. The number of hydrogen-bond donors (Lipinski definition) is 4. The van der Waals surface area contributed by atoms with E-state index in [4.69, 9.17) is 21.7 Å². The van der Waals surface area contributed by atoms with Crippen LogP contribution in [0.15, 0.2) is 0 Å². The van der Waals surface area contributed by atoms with Crippen LogP contribution in [0.4, 0.5) is 0 Å². The fourth-order valence-corrected chi connectivity index (χ4v) is 1.36. The van der Waals surface area contributed by atoms with Crippen molar-refractivity contribution in [1.29, 1.82) is 0 Å². The van der Waals surface area contributed by atoms with Crippen molar-refractivity contribution in [1.82, 2.24) is 0 Å². The van der Waals surface area contributed by atoms with Crippen molar-refractivity contribution in [2.45, 2.75) is 12.8 Å². The van der Waals surface area contributed by atoms with E-state index in [1.54, 1.807) is 0 Å². The molecule has 0 saturated heterocycles. The summed E-state index contributed by atoms with van der Waals surface area (Å²) in [6.07, 6.45) is 0.172. The topological polar surface area (TPSA) is 127 Å². The first-order chi connectivity index (χ1) is 6.54. The van der Waals surface area contributed by atoms with E-state index in [2.05, 4.69) is 0 Å². The summed E-state index contributed by atoms with van der Waals surface area (Å²) in [5.41, 5.74) is 10.1. The van der Waals surface area contributed by atoms with Crippen molar-refractivity contribution in [3.63, 3.8) is 0 Å². The van der Waals surface area contributed by atoms with Gasteiger partial charge in [0.05, 0.1) is 11.8 Å². The van der Waals surface area contributed by atoms with Crippen LogP contribution in [-0.2, 0) is 9.59 Å². The molecule has 0 aliphatic heterocycles. The molecule has 0 aromatic carbocycles. The van der Waals surface area contributed by atoms with Gasteiger partial charge in [0.1, 0.15) is 0 Å². The highest BCUT2D eigenvalue weighted by molar-refractivity contribution is 5.85. The molecule has 0 aromatic rings. The van der Waals surface area contributed by atoms with Gasteiger partial charge in [-0.05, 0) is 12.8 Å². The van der Waals surface area contributed by atoms with Crippen molar-refractivity contribution in [2.75, 3.05) is 13.2 Å². The number of carbonyl (C=O) groups is 2. The summed E-state index contributed by atoms with van der Waals surface area (Å²) in [7, 11) is 0. The molecule has 2 unspecified atom stereocenters. The summed E-state index contributed by atoms with van der Waals surface area (Å²) in [5.74, 6) is -2.97. The maximum atomic E-state index is 10.9. The van der Waals surface area contributed by atoms with E-state index in [9.17, 15) is 9.59 Å². The van der Waals surface area contributed by atoms with E-state index in [0.29, 0.717) is 0 Å². The maximum Gasteiger partial charge on any atom is 0.221 e. The molecule has 6 N–H and O–H groups in total. The van der Waals surface area contributed by atoms with Gasteiger partial charge in [-0.2, -0.15) is 0 Å². The third-order valence-corrected chi connectivity index (χ3v) is 2.10. The van der Waals surface area contributed by atoms with Crippen molar-refractivity contribution < 1.29 is 19.8 Å². The maximum absolute atomic E-state index is 10.9. The zero-order valence-electron chi connectivity index (χ0n) is 7.85. The van der Waals surface area contributed by atoms with Gasteiger partial charge in [-0.15, -0.1) is 0 Å². The van der Waals surface area contributed by atoms with E-state index in [-0.39, 0.29) is 26.1 Å². The molecule has 0 spiro atoms. The minimum absolute atomic E-state index is 0.0862. The largest absolute Gasteiger partial charge is 0.396 e. The Morgan fingerprint density at radius 3 is 1.36 bits per heavy atom. The Bertz CT molecular complexity index is 186. The highest BCUT2D eigenvalue weighted by Gasteiger charge is 2.29. The third-order valence-electron chi connectivity index (χ3n) is 2.10. The molecule has 14 heavy (non-hydrogen) atoms. The summed E-state index contributed by atoms with van der Waals surface area (Å²) >= 11 is 0. The van der Waals surface area contributed by atoms with Gasteiger partial charge in [0.25, 0.3) is 0 Å². The minimum atomic E-state index is -0.801. The smallest absolute Gasteiger partial charge is 0.221 e. The van der Waals surface area contributed by atoms with Gasteiger partial charge in [0, 0.05) is 13.2 Å². The third kappa shape index (κ3) is 3.71. The van der Waals surface area contributed by atoms with Crippen molar-refractivity contribution >= 4 is 11.8 Å². The van der Waals surface area contributed by atoms with Crippen molar-refractivity contribution in [3.05, 3.63) is 0 Å². The first-order valence-electron chi connectivity index (χ1n) is 4.35. The van der Waals surface area contributed by atoms with Crippen LogP contribution in [0, 0.1) is 11.8 Å². The number of hydrogen-bond acceptors (Lipinski definition) is 4. The number of primary amides is 2. The van der Waals surface area contributed by atoms with E-state index >= 15 is 0 Å². The fraction of sp³-hybridized carbons (Fsp3) is 0.750. The van der Waals surface area contributed by atoms with Gasteiger partial charge in [-0.25, -0.2) is 0 Å². The summed E-state index contributed by atoms with van der Waals surface area (Å²) in [4.78, 5) is 21.9. The summed E-state index contributed by atoms with van der Waals surface area (Å²) in [6, 6.07) is 0. The molecule has 2 atom stereocenters. The molecule has 0 bridgehead atoms. The number of amides is 2. The minimum Gasteiger partial charge on any atom is -0.396 e. The molecule has 0 aliphatic carbocycles. The molecule has 0 heterocycles. The summed E-state index contributed by atoms with van der Waals surface area (Å²) in [6.45, 7) is -0.494. The van der Waals surface area contributed by atoms with Crippen LogP contribution in [0.25, 0.3) is 0 Å². The number of carbonyl (C=O) groups excluding carboxylic acids is 2. The number of aliphatic hydroxyl groups excluding tert-OH is 2. The normalized spacial score (nSPS) is 14.7. The zero-order chi connectivity index (χ0) is 11.1. The monoisotopic (exact) mass is 204 g/mol. The van der Waals surface area contributed by atoms with E-state index in [1.165, 1.54) is 0 Å². The molecule has 82 valence electrons. The Hall–Kier alpha value is -1.14. The Balaban J connectivity index is 4.54. The Morgan fingerprint density at radius 2 is 1.21 bits per heavy atom. The second-order valence-corrected chi connectivity index (χ2v) is 3.04. The first kappa shape index (κ1) is 12.9. The van der Waals surface area contributed by atoms with Crippen LogP contribution >= 0.6 is 0 Å². The van der Waals surface area contributed by atoms with Crippen molar-refractivity contribution in [3.8, 4) is 0 Å². The number of aliphatic hydroxyl groups is 2. The van der Waals surface area contributed by atoms with Crippen LogP contribution in [0.1, 0.15) is 12.8 Å². The predicted octanol–water partition coefficient (Wildman–Crippen LogP) is -2.05. The van der Waals surface area contributed by atoms with E-state index in [0.717, 1.165) is 0 Å². The van der Waals surface area contributed by atoms with Crippen LogP contribution < -0.4 is 11.5 Å². The molecular formula is C8H16N2O4.